The summed E-state index contributed by atoms with van der Waals surface area (Å²) in [6.07, 6.45) is 2.97. The molecule has 0 N–H and O–H groups in total. The highest BCUT2D eigenvalue weighted by Gasteiger charge is 2.53. The zero-order valence-corrected chi connectivity index (χ0v) is 13.6. The summed E-state index contributed by atoms with van der Waals surface area (Å²) in [7, 11) is 2.06. The monoisotopic (exact) mass is 299 g/mol. The molecule has 3 rings (SSSR count). The molecule has 1 heterocycles. The Bertz CT molecular complexity index is 700. The van der Waals surface area contributed by atoms with Gasteiger partial charge in [0.25, 0.3) is 0 Å². The first kappa shape index (κ1) is 14.9. The van der Waals surface area contributed by atoms with Crippen molar-refractivity contribution in [2.45, 2.75) is 32.6 Å². The van der Waals surface area contributed by atoms with E-state index in [4.69, 9.17) is 0 Å². The van der Waals surface area contributed by atoms with Crippen LogP contribution < -0.4 is 4.90 Å². The number of aromatic nitrogens is 2. The van der Waals surface area contributed by atoms with Crippen LogP contribution >= 0.6 is 0 Å². The molecule has 0 amide bonds. The van der Waals surface area contributed by atoms with Crippen molar-refractivity contribution in [3.8, 4) is 0 Å². The fraction of sp³-hybridized carbons (Fsp3) is 0.444. The second kappa shape index (κ2) is 5.34. The lowest BCUT2D eigenvalue weighted by atomic mass is 9.92. The Kier molecular flexibility index (Phi) is 3.63. The summed E-state index contributed by atoms with van der Waals surface area (Å²) in [5.74, 6) is 1.19. The normalized spacial score (nSPS) is 23.4. The lowest BCUT2D eigenvalue weighted by Crippen LogP contribution is -2.31. The van der Waals surface area contributed by atoms with E-state index in [0.29, 0.717) is 5.92 Å². The molecule has 1 fully saturated rings. The SMILES string of the molecule is Cc1ncc(N(C)C[C@@]2(c3cccc(F)c3)CC2C)c(C)n1. The molecule has 1 unspecified atom stereocenters. The van der Waals surface area contributed by atoms with Crippen molar-refractivity contribution in [1.29, 1.82) is 0 Å². The van der Waals surface area contributed by atoms with Crippen molar-refractivity contribution >= 4 is 5.69 Å². The maximum atomic E-state index is 13.6. The Morgan fingerprint density at radius 1 is 1.36 bits per heavy atom. The molecule has 1 aromatic heterocycles. The second-order valence-electron chi connectivity index (χ2n) is 6.52. The van der Waals surface area contributed by atoms with E-state index in [-0.39, 0.29) is 11.2 Å². The van der Waals surface area contributed by atoms with Crippen LogP contribution in [0.4, 0.5) is 10.1 Å². The van der Waals surface area contributed by atoms with Gasteiger partial charge in [-0.05, 0) is 43.9 Å². The average molecular weight is 299 g/mol. The highest BCUT2D eigenvalue weighted by Crippen LogP contribution is 2.54. The van der Waals surface area contributed by atoms with Gasteiger partial charge in [0.05, 0.1) is 17.6 Å². The summed E-state index contributed by atoms with van der Waals surface area (Å²) in [6.45, 7) is 6.99. The third-order valence-corrected chi connectivity index (χ3v) is 4.86. The summed E-state index contributed by atoms with van der Waals surface area (Å²) < 4.78 is 13.6. The first-order valence-corrected chi connectivity index (χ1v) is 7.70. The van der Waals surface area contributed by atoms with Gasteiger partial charge in [-0.25, -0.2) is 14.4 Å². The number of halogens is 1. The van der Waals surface area contributed by atoms with E-state index < -0.39 is 0 Å². The molecule has 3 nitrogen and oxygen atoms in total. The number of hydrogen-bond acceptors (Lipinski definition) is 3. The van der Waals surface area contributed by atoms with Crippen molar-refractivity contribution in [3.63, 3.8) is 0 Å². The Morgan fingerprint density at radius 2 is 2.09 bits per heavy atom. The van der Waals surface area contributed by atoms with Gasteiger partial charge in [-0.2, -0.15) is 0 Å². The van der Waals surface area contributed by atoms with Crippen LogP contribution in [0.25, 0.3) is 0 Å². The van der Waals surface area contributed by atoms with Crippen molar-refractivity contribution in [2.75, 3.05) is 18.5 Å². The molecule has 2 atom stereocenters. The van der Waals surface area contributed by atoms with Crippen LogP contribution in [0.5, 0.6) is 0 Å². The maximum Gasteiger partial charge on any atom is 0.125 e. The number of benzene rings is 1. The topological polar surface area (TPSA) is 29.0 Å². The van der Waals surface area contributed by atoms with Crippen LogP contribution in [0.15, 0.2) is 30.5 Å². The smallest absolute Gasteiger partial charge is 0.125 e. The van der Waals surface area contributed by atoms with Gasteiger partial charge in [0.15, 0.2) is 0 Å². The van der Waals surface area contributed by atoms with Gasteiger partial charge in [0, 0.05) is 19.0 Å². The minimum atomic E-state index is -0.159. The Balaban J connectivity index is 1.87. The molecule has 2 aromatic rings. The molecule has 4 heteroatoms. The predicted molar refractivity (Wildman–Crippen MR) is 86.6 cm³/mol. The molecule has 0 radical (unpaired) electrons. The first-order valence-electron chi connectivity index (χ1n) is 7.70. The second-order valence-corrected chi connectivity index (χ2v) is 6.52. The van der Waals surface area contributed by atoms with E-state index in [1.807, 2.05) is 26.1 Å². The van der Waals surface area contributed by atoms with Gasteiger partial charge >= 0.3 is 0 Å². The minimum Gasteiger partial charge on any atom is -0.371 e. The molecule has 0 aliphatic heterocycles. The maximum absolute atomic E-state index is 13.6. The molecule has 1 aliphatic carbocycles. The minimum absolute atomic E-state index is 0.0359. The van der Waals surface area contributed by atoms with Crippen LogP contribution in [0.1, 0.15) is 30.4 Å². The number of rotatable bonds is 4. The van der Waals surface area contributed by atoms with Crippen LogP contribution in [0.2, 0.25) is 0 Å². The van der Waals surface area contributed by atoms with Crippen LogP contribution in [-0.4, -0.2) is 23.6 Å². The molecule has 1 aromatic carbocycles. The zero-order valence-electron chi connectivity index (χ0n) is 13.6. The van der Waals surface area contributed by atoms with Crippen LogP contribution in [0.3, 0.4) is 0 Å². The fourth-order valence-electron chi connectivity index (χ4n) is 3.46. The Hall–Kier alpha value is -1.97. The number of nitrogens with zero attached hydrogens (tertiary/aromatic N) is 3. The number of hydrogen-bond donors (Lipinski definition) is 0. The molecule has 0 saturated heterocycles. The third kappa shape index (κ3) is 2.58. The number of anilines is 1. The predicted octanol–water partition coefficient (Wildman–Crippen LogP) is 3.65. The van der Waals surface area contributed by atoms with Crippen molar-refractivity contribution in [1.82, 2.24) is 9.97 Å². The summed E-state index contributed by atoms with van der Waals surface area (Å²) in [4.78, 5) is 10.9. The van der Waals surface area contributed by atoms with Gasteiger partial charge in [-0.15, -0.1) is 0 Å². The van der Waals surface area contributed by atoms with Gasteiger partial charge < -0.3 is 4.90 Å². The van der Waals surface area contributed by atoms with Gasteiger partial charge in [0.2, 0.25) is 0 Å². The standard InChI is InChI=1S/C18H22FN3/c1-12-9-18(12,15-6-5-7-16(19)8-15)11-22(4)17-10-20-14(3)21-13(17)2/h5-8,10,12H,9,11H2,1-4H3/t12?,18-/m0/s1. The van der Waals surface area contributed by atoms with Gasteiger partial charge in [-0.1, -0.05) is 19.1 Å². The molecule has 116 valence electrons. The Morgan fingerprint density at radius 3 is 2.68 bits per heavy atom. The van der Waals surface area contributed by atoms with Crippen molar-refractivity contribution in [3.05, 3.63) is 53.4 Å². The third-order valence-electron chi connectivity index (χ3n) is 4.86. The molecule has 0 bridgehead atoms. The molecule has 1 saturated carbocycles. The van der Waals surface area contributed by atoms with Crippen molar-refractivity contribution in [2.24, 2.45) is 5.92 Å². The van der Waals surface area contributed by atoms with E-state index in [0.717, 1.165) is 35.7 Å². The largest absolute Gasteiger partial charge is 0.371 e. The summed E-state index contributed by atoms with van der Waals surface area (Å²) in [6, 6.07) is 7.03. The van der Waals surface area contributed by atoms with E-state index in [9.17, 15) is 4.39 Å². The van der Waals surface area contributed by atoms with Gasteiger partial charge in [-0.3, -0.25) is 0 Å². The molecule has 0 spiro atoms. The van der Waals surface area contributed by atoms with Crippen LogP contribution in [0, 0.1) is 25.6 Å². The summed E-state index contributed by atoms with van der Waals surface area (Å²) in [5, 5.41) is 0. The summed E-state index contributed by atoms with van der Waals surface area (Å²) >= 11 is 0. The molecule has 22 heavy (non-hydrogen) atoms. The lowest BCUT2D eigenvalue weighted by molar-refractivity contribution is 0.594. The number of aryl methyl sites for hydroxylation is 2. The van der Waals surface area contributed by atoms with Crippen molar-refractivity contribution < 1.29 is 4.39 Å². The molecule has 1 aliphatic rings. The van der Waals surface area contributed by atoms with E-state index in [1.165, 1.54) is 6.07 Å². The van der Waals surface area contributed by atoms with E-state index in [1.54, 1.807) is 12.1 Å². The first-order chi connectivity index (χ1) is 10.4. The average Bonchev–Trinajstić information content (AvgIpc) is 3.09. The lowest BCUT2D eigenvalue weighted by Gasteiger charge is -2.27. The number of likely N-dealkylation sites (N-methyl/N-ethyl adjacent to an activating group) is 1. The van der Waals surface area contributed by atoms with E-state index >= 15 is 0 Å². The molecular weight excluding hydrogens is 277 g/mol. The molecular formula is C18H22FN3. The highest BCUT2D eigenvalue weighted by atomic mass is 19.1. The Labute approximate surface area is 131 Å². The quantitative estimate of drug-likeness (QED) is 0.863. The highest BCUT2D eigenvalue weighted by molar-refractivity contribution is 5.50. The van der Waals surface area contributed by atoms with Gasteiger partial charge in [0.1, 0.15) is 11.6 Å². The summed E-state index contributed by atoms with van der Waals surface area (Å²) in [5.41, 5.74) is 3.16. The van der Waals surface area contributed by atoms with E-state index in [2.05, 4.69) is 28.8 Å². The fourth-order valence-corrected chi connectivity index (χ4v) is 3.46. The van der Waals surface area contributed by atoms with Crippen LogP contribution in [-0.2, 0) is 5.41 Å². The zero-order chi connectivity index (χ0) is 15.9.